The number of nitrogens with two attached hydrogens (primary N) is 1. The molecule has 1 aliphatic rings. The monoisotopic (exact) mass is 263 g/mol. The third kappa shape index (κ3) is 4.03. The summed E-state index contributed by atoms with van der Waals surface area (Å²) in [7, 11) is 0. The van der Waals surface area contributed by atoms with Gasteiger partial charge >= 0.3 is 0 Å². The fraction of sp³-hybridized carbons (Fsp3) is 0.625. The molecular formula is C16H25NS. The van der Waals surface area contributed by atoms with Crippen LogP contribution in [0.15, 0.2) is 24.3 Å². The molecule has 1 aromatic rings. The van der Waals surface area contributed by atoms with Gasteiger partial charge in [-0.15, -0.1) is 0 Å². The molecular weight excluding hydrogens is 238 g/mol. The van der Waals surface area contributed by atoms with E-state index in [0.717, 1.165) is 11.0 Å². The second-order valence-corrected chi connectivity index (χ2v) is 7.50. The SMILES string of the molecule is CC1(C)CCC[C@@H](SCc2ccc(CN)cc2)C1. The van der Waals surface area contributed by atoms with Crippen molar-refractivity contribution in [3.8, 4) is 0 Å². The number of rotatable bonds is 4. The standard InChI is InChI=1S/C16H25NS/c1-16(2)9-3-4-15(10-16)18-12-14-7-5-13(11-17)6-8-14/h5-8,15H,3-4,9-12,17H2,1-2H3/t15-/m1/s1. The van der Waals surface area contributed by atoms with Crippen molar-refractivity contribution in [2.75, 3.05) is 0 Å². The molecule has 0 radical (unpaired) electrons. The van der Waals surface area contributed by atoms with E-state index in [1.54, 1.807) is 0 Å². The number of hydrogen-bond donors (Lipinski definition) is 1. The van der Waals surface area contributed by atoms with Gasteiger partial charge in [0.25, 0.3) is 0 Å². The normalized spacial score (nSPS) is 22.9. The molecule has 1 fully saturated rings. The highest BCUT2D eigenvalue weighted by Crippen LogP contribution is 2.40. The second kappa shape index (κ2) is 6.12. The van der Waals surface area contributed by atoms with Crippen molar-refractivity contribution in [3.05, 3.63) is 35.4 Å². The molecule has 0 aromatic heterocycles. The summed E-state index contributed by atoms with van der Waals surface area (Å²) in [6.45, 7) is 5.47. The number of thioether (sulfide) groups is 1. The fourth-order valence-electron chi connectivity index (χ4n) is 2.76. The first-order valence-electron chi connectivity index (χ1n) is 6.98. The van der Waals surface area contributed by atoms with Crippen LogP contribution in [0.4, 0.5) is 0 Å². The summed E-state index contributed by atoms with van der Waals surface area (Å²) in [4.78, 5) is 0. The van der Waals surface area contributed by atoms with Gasteiger partial charge in [0.05, 0.1) is 0 Å². The van der Waals surface area contributed by atoms with Crippen LogP contribution in [0.5, 0.6) is 0 Å². The summed E-state index contributed by atoms with van der Waals surface area (Å²) in [6, 6.07) is 8.76. The molecule has 0 unspecified atom stereocenters. The molecule has 2 heteroatoms. The van der Waals surface area contributed by atoms with Crippen molar-refractivity contribution < 1.29 is 0 Å². The molecule has 1 saturated carbocycles. The maximum absolute atomic E-state index is 5.62. The lowest BCUT2D eigenvalue weighted by Gasteiger charge is -2.34. The first-order chi connectivity index (χ1) is 8.59. The van der Waals surface area contributed by atoms with Crippen molar-refractivity contribution in [3.63, 3.8) is 0 Å². The Labute approximate surface area is 116 Å². The van der Waals surface area contributed by atoms with Gasteiger partial charge in [0.2, 0.25) is 0 Å². The molecule has 1 aromatic carbocycles. The lowest BCUT2D eigenvalue weighted by molar-refractivity contribution is 0.251. The van der Waals surface area contributed by atoms with Gasteiger partial charge in [0.15, 0.2) is 0 Å². The Morgan fingerprint density at radius 1 is 1.22 bits per heavy atom. The van der Waals surface area contributed by atoms with Crippen molar-refractivity contribution in [1.29, 1.82) is 0 Å². The minimum absolute atomic E-state index is 0.555. The molecule has 0 aliphatic heterocycles. The Balaban J connectivity index is 1.83. The summed E-state index contributed by atoms with van der Waals surface area (Å²) in [5.41, 5.74) is 8.83. The largest absolute Gasteiger partial charge is 0.326 e. The molecule has 2 rings (SSSR count). The van der Waals surface area contributed by atoms with Gasteiger partial charge < -0.3 is 5.73 Å². The molecule has 1 aliphatic carbocycles. The van der Waals surface area contributed by atoms with E-state index < -0.39 is 0 Å². The Morgan fingerprint density at radius 2 is 1.89 bits per heavy atom. The molecule has 2 N–H and O–H groups in total. The quantitative estimate of drug-likeness (QED) is 0.874. The molecule has 1 atom stereocenters. The van der Waals surface area contributed by atoms with E-state index in [9.17, 15) is 0 Å². The maximum Gasteiger partial charge on any atom is 0.0187 e. The van der Waals surface area contributed by atoms with Crippen LogP contribution in [0, 0.1) is 5.41 Å². The predicted molar refractivity (Wildman–Crippen MR) is 81.7 cm³/mol. The van der Waals surface area contributed by atoms with Crippen LogP contribution in [0.3, 0.4) is 0 Å². The van der Waals surface area contributed by atoms with Gasteiger partial charge in [0, 0.05) is 17.5 Å². The molecule has 18 heavy (non-hydrogen) atoms. The Morgan fingerprint density at radius 3 is 2.50 bits per heavy atom. The topological polar surface area (TPSA) is 26.0 Å². The third-order valence-electron chi connectivity index (χ3n) is 3.90. The average Bonchev–Trinajstić information content (AvgIpc) is 2.36. The zero-order valence-corrected chi connectivity index (χ0v) is 12.4. The van der Waals surface area contributed by atoms with Crippen LogP contribution in [-0.2, 0) is 12.3 Å². The second-order valence-electron chi connectivity index (χ2n) is 6.21. The minimum Gasteiger partial charge on any atom is -0.326 e. The smallest absolute Gasteiger partial charge is 0.0187 e. The van der Waals surface area contributed by atoms with Crippen molar-refractivity contribution in [1.82, 2.24) is 0 Å². The van der Waals surface area contributed by atoms with E-state index in [0.29, 0.717) is 12.0 Å². The van der Waals surface area contributed by atoms with Crippen LogP contribution in [0.25, 0.3) is 0 Å². The highest BCUT2D eigenvalue weighted by molar-refractivity contribution is 7.99. The minimum atomic E-state index is 0.555. The Hall–Kier alpha value is -0.470. The van der Waals surface area contributed by atoms with Crippen LogP contribution >= 0.6 is 11.8 Å². The molecule has 0 amide bonds. The zero-order chi connectivity index (χ0) is 13.0. The van der Waals surface area contributed by atoms with Crippen molar-refractivity contribution in [2.24, 2.45) is 11.1 Å². The van der Waals surface area contributed by atoms with Crippen molar-refractivity contribution >= 4 is 11.8 Å². The number of benzene rings is 1. The van der Waals surface area contributed by atoms with Crippen LogP contribution < -0.4 is 5.73 Å². The first kappa shape index (κ1) is 14.0. The zero-order valence-electron chi connectivity index (χ0n) is 11.6. The fourth-order valence-corrected chi connectivity index (χ4v) is 4.28. The third-order valence-corrected chi connectivity index (χ3v) is 5.28. The first-order valence-corrected chi connectivity index (χ1v) is 8.03. The van der Waals surface area contributed by atoms with Crippen LogP contribution in [0.1, 0.15) is 50.7 Å². The Bertz CT molecular complexity index is 369. The number of hydrogen-bond acceptors (Lipinski definition) is 2. The van der Waals surface area contributed by atoms with E-state index in [1.165, 1.54) is 36.8 Å². The summed E-state index contributed by atoms with van der Waals surface area (Å²) >= 11 is 2.13. The summed E-state index contributed by atoms with van der Waals surface area (Å²) in [5, 5.41) is 0.850. The lowest BCUT2D eigenvalue weighted by Crippen LogP contribution is -2.24. The van der Waals surface area contributed by atoms with E-state index >= 15 is 0 Å². The van der Waals surface area contributed by atoms with Crippen LogP contribution in [-0.4, -0.2) is 5.25 Å². The lowest BCUT2D eigenvalue weighted by atomic mass is 9.77. The molecule has 0 heterocycles. The summed E-state index contributed by atoms with van der Waals surface area (Å²) < 4.78 is 0. The van der Waals surface area contributed by atoms with Gasteiger partial charge in [-0.1, -0.05) is 44.5 Å². The van der Waals surface area contributed by atoms with E-state index in [4.69, 9.17) is 5.73 Å². The van der Waals surface area contributed by atoms with Crippen molar-refractivity contribution in [2.45, 2.75) is 57.1 Å². The van der Waals surface area contributed by atoms with Gasteiger partial charge in [-0.25, -0.2) is 0 Å². The molecule has 100 valence electrons. The molecule has 0 bridgehead atoms. The van der Waals surface area contributed by atoms with Gasteiger partial charge in [-0.2, -0.15) is 11.8 Å². The van der Waals surface area contributed by atoms with Gasteiger partial charge in [-0.05, 0) is 35.8 Å². The highest BCUT2D eigenvalue weighted by Gasteiger charge is 2.27. The van der Waals surface area contributed by atoms with E-state index in [2.05, 4.69) is 49.9 Å². The van der Waals surface area contributed by atoms with Crippen LogP contribution in [0.2, 0.25) is 0 Å². The Kier molecular flexibility index (Phi) is 4.74. The van der Waals surface area contributed by atoms with E-state index in [1.807, 2.05) is 0 Å². The predicted octanol–water partition coefficient (Wildman–Crippen LogP) is 4.35. The average molecular weight is 263 g/mol. The summed E-state index contributed by atoms with van der Waals surface area (Å²) in [5.74, 6) is 1.14. The van der Waals surface area contributed by atoms with E-state index in [-0.39, 0.29) is 0 Å². The highest BCUT2D eigenvalue weighted by atomic mass is 32.2. The molecule has 1 nitrogen and oxygen atoms in total. The molecule has 0 saturated heterocycles. The molecule has 0 spiro atoms. The maximum atomic E-state index is 5.62. The van der Waals surface area contributed by atoms with Gasteiger partial charge in [-0.3, -0.25) is 0 Å². The van der Waals surface area contributed by atoms with Gasteiger partial charge in [0.1, 0.15) is 0 Å². The summed E-state index contributed by atoms with van der Waals surface area (Å²) in [6.07, 6.45) is 5.57.